The third kappa shape index (κ3) is 5.76. The number of carbonyl (C=O) groups excluding carboxylic acids is 2. The summed E-state index contributed by atoms with van der Waals surface area (Å²) in [6.45, 7) is 3.81. The van der Waals surface area contributed by atoms with Crippen molar-refractivity contribution in [2.75, 3.05) is 37.4 Å². The number of sulfonamides is 1. The molecule has 1 N–H and O–H groups in total. The van der Waals surface area contributed by atoms with Crippen LogP contribution in [0.15, 0.2) is 75.9 Å². The van der Waals surface area contributed by atoms with Crippen molar-refractivity contribution < 1.29 is 22.4 Å². The molecule has 0 radical (unpaired) electrons. The van der Waals surface area contributed by atoms with Crippen molar-refractivity contribution in [3.63, 3.8) is 0 Å². The fourth-order valence-electron chi connectivity index (χ4n) is 4.09. The molecule has 1 saturated heterocycles. The van der Waals surface area contributed by atoms with Gasteiger partial charge >= 0.3 is 0 Å². The maximum absolute atomic E-state index is 13.6. The van der Waals surface area contributed by atoms with E-state index in [2.05, 4.69) is 9.71 Å². The lowest BCUT2D eigenvalue weighted by Gasteiger charge is -2.35. The molecule has 2 heterocycles. The van der Waals surface area contributed by atoms with Gasteiger partial charge in [-0.15, -0.1) is 0 Å². The molecule has 1 aliphatic carbocycles. The van der Waals surface area contributed by atoms with E-state index in [0.29, 0.717) is 55.3 Å². The predicted molar refractivity (Wildman–Crippen MR) is 133 cm³/mol. The van der Waals surface area contributed by atoms with Crippen molar-refractivity contribution in [1.29, 1.82) is 0 Å². The van der Waals surface area contributed by atoms with Gasteiger partial charge in [-0.25, -0.2) is 12.8 Å². The van der Waals surface area contributed by atoms with Crippen molar-refractivity contribution in [2.24, 2.45) is 4.99 Å². The van der Waals surface area contributed by atoms with Crippen molar-refractivity contribution in [3.8, 4) is 0 Å². The summed E-state index contributed by atoms with van der Waals surface area (Å²) in [5, 5.41) is 0. The Morgan fingerprint density at radius 3 is 2.29 bits per heavy atom. The second kappa shape index (κ2) is 10.4. The molecule has 2 amide bonds. The summed E-state index contributed by atoms with van der Waals surface area (Å²) < 4.78 is 41.7. The molecule has 0 unspecified atom stereocenters. The summed E-state index contributed by atoms with van der Waals surface area (Å²) in [5.41, 5.74) is 1.48. The Balaban J connectivity index is 1.36. The van der Waals surface area contributed by atoms with Crippen LogP contribution in [0.3, 0.4) is 0 Å². The Morgan fingerprint density at radius 1 is 1.00 bits per heavy atom. The molecule has 8 nitrogen and oxygen atoms in total. The van der Waals surface area contributed by atoms with Crippen LogP contribution >= 0.6 is 0 Å². The summed E-state index contributed by atoms with van der Waals surface area (Å²) >= 11 is 0. The highest BCUT2D eigenvalue weighted by Gasteiger charge is 2.27. The number of carbonyl (C=O) groups is 2. The van der Waals surface area contributed by atoms with Gasteiger partial charge in [-0.3, -0.25) is 19.3 Å². The number of dihydropyridines is 1. The number of allylic oxidation sites excluding steroid dienone is 5. The number of anilines is 1. The smallest absolute Gasteiger partial charge is 0.272 e. The van der Waals surface area contributed by atoms with Crippen LogP contribution < -0.4 is 4.72 Å². The van der Waals surface area contributed by atoms with Crippen LogP contribution in [0.1, 0.15) is 30.1 Å². The van der Waals surface area contributed by atoms with Gasteiger partial charge in [0.05, 0.1) is 4.91 Å². The first-order valence-corrected chi connectivity index (χ1v) is 12.9. The molecular weight excluding hydrogens is 471 g/mol. The highest BCUT2D eigenvalue weighted by molar-refractivity contribution is 7.96. The zero-order chi connectivity index (χ0) is 25.0. The third-order valence-corrected chi connectivity index (χ3v) is 7.53. The number of hydrogen-bond donors (Lipinski definition) is 1. The standard InChI is InChI=1S/C25H27FN4O4S/c1-18-17-20(26)5-4-7-23(18)35(33,34)28-21-10-8-19(9-11-21)24(31)29-13-15-30(16-14-29)25(32)22-6-2-3-12-27-22/h2,5-11,17,28H,3-4,12-16H2,1H3. The normalized spacial score (nSPS) is 18.7. The fourth-order valence-corrected chi connectivity index (χ4v) is 5.45. The minimum atomic E-state index is -3.91. The fraction of sp³-hybridized carbons (Fsp3) is 0.320. The van der Waals surface area contributed by atoms with E-state index in [1.54, 1.807) is 28.0 Å². The van der Waals surface area contributed by atoms with Crippen LogP contribution in [0.4, 0.5) is 10.1 Å². The molecule has 1 aromatic rings. The number of halogens is 1. The summed E-state index contributed by atoms with van der Waals surface area (Å²) in [7, 11) is -3.91. The molecule has 0 atom stereocenters. The number of nitrogens with one attached hydrogen (secondary N) is 1. The van der Waals surface area contributed by atoms with Gasteiger partial charge < -0.3 is 9.80 Å². The van der Waals surface area contributed by atoms with E-state index < -0.39 is 15.9 Å². The van der Waals surface area contributed by atoms with Gasteiger partial charge in [0.1, 0.15) is 11.5 Å². The molecule has 10 heteroatoms. The number of hydrogen-bond acceptors (Lipinski definition) is 5. The number of rotatable bonds is 5. The second-order valence-electron chi connectivity index (χ2n) is 8.45. The van der Waals surface area contributed by atoms with Crippen LogP contribution in [0.2, 0.25) is 0 Å². The largest absolute Gasteiger partial charge is 0.335 e. The van der Waals surface area contributed by atoms with Crippen LogP contribution in [-0.4, -0.2) is 68.5 Å². The Hall–Kier alpha value is -3.53. The number of nitrogens with zero attached hydrogens (tertiary/aromatic N) is 3. The van der Waals surface area contributed by atoms with Crippen LogP contribution in [0.25, 0.3) is 0 Å². The van der Waals surface area contributed by atoms with Gasteiger partial charge in [0.25, 0.3) is 21.8 Å². The lowest BCUT2D eigenvalue weighted by molar-refractivity contribution is -0.125. The molecular formula is C25H27FN4O4S. The Bertz CT molecular complexity index is 1270. The Morgan fingerprint density at radius 2 is 1.66 bits per heavy atom. The maximum atomic E-state index is 13.6. The Labute approximate surface area is 204 Å². The molecule has 184 valence electrons. The van der Waals surface area contributed by atoms with E-state index in [1.807, 2.05) is 6.08 Å². The summed E-state index contributed by atoms with van der Waals surface area (Å²) in [6.07, 6.45) is 8.65. The topological polar surface area (TPSA) is 99.1 Å². The average molecular weight is 499 g/mol. The third-order valence-electron chi connectivity index (χ3n) is 5.96. The van der Waals surface area contributed by atoms with E-state index in [9.17, 15) is 22.4 Å². The van der Waals surface area contributed by atoms with Gasteiger partial charge in [0.15, 0.2) is 0 Å². The van der Waals surface area contributed by atoms with Crippen LogP contribution in [0.5, 0.6) is 0 Å². The molecule has 0 aromatic heterocycles. The first kappa shape index (κ1) is 24.6. The minimum Gasteiger partial charge on any atom is -0.335 e. The number of piperazine rings is 1. The quantitative estimate of drug-likeness (QED) is 0.674. The second-order valence-corrected chi connectivity index (χ2v) is 10.1. The molecule has 1 aromatic carbocycles. The number of benzene rings is 1. The van der Waals surface area contributed by atoms with Gasteiger partial charge in [-0.2, -0.15) is 0 Å². The average Bonchev–Trinajstić information content (AvgIpc) is 3.04. The molecule has 0 spiro atoms. The van der Waals surface area contributed by atoms with Crippen LogP contribution in [-0.2, 0) is 14.8 Å². The molecule has 2 aliphatic heterocycles. The monoisotopic (exact) mass is 498 g/mol. The van der Waals surface area contributed by atoms with Crippen LogP contribution in [0, 0.1) is 0 Å². The molecule has 3 aliphatic rings. The van der Waals surface area contributed by atoms with Crippen molar-refractivity contribution >= 4 is 33.2 Å². The van der Waals surface area contributed by atoms with Gasteiger partial charge in [0.2, 0.25) is 0 Å². The van der Waals surface area contributed by atoms with Gasteiger partial charge in [-0.1, -0.05) is 12.2 Å². The Kier molecular flexibility index (Phi) is 7.30. The lowest BCUT2D eigenvalue weighted by atomic mass is 10.1. The SMILES string of the molecule is CC1=CC(F)=CCC=C1S(=O)(=O)Nc1ccc(C(=O)N2CCN(C(=O)C3=NCCC=C3)CC2)cc1. The van der Waals surface area contributed by atoms with Crippen molar-refractivity contribution in [3.05, 3.63) is 76.5 Å². The number of aliphatic imine (C=N–C) groups is 1. The minimum absolute atomic E-state index is 0.0173. The summed E-state index contributed by atoms with van der Waals surface area (Å²) in [5.74, 6) is -0.776. The van der Waals surface area contributed by atoms with E-state index in [4.69, 9.17) is 0 Å². The highest BCUT2D eigenvalue weighted by Crippen LogP contribution is 2.25. The van der Waals surface area contributed by atoms with E-state index in [-0.39, 0.29) is 23.1 Å². The first-order valence-electron chi connectivity index (χ1n) is 11.4. The van der Waals surface area contributed by atoms with Crippen molar-refractivity contribution in [2.45, 2.75) is 19.8 Å². The van der Waals surface area contributed by atoms with E-state index in [1.165, 1.54) is 37.3 Å². The van der Waals surface area contributed by atoms with E-state index >= 15 is 0 Å². The number of amides is 2. The molecule has 1 fully saturated rings. The van der Waals surface area contributed by atoms with Gasteiger partial charge in [-0.05, 0) is 67.8 Å². The summed E-state index contributed by atoms with van der Waals surface area (Å²) in [4.78, 5) is 33.2. The highest BCUT2D eigenvalue weighted by atomic mass is 32.2. The summed E-state index contributed by atoms with van der Waals surface area (Å²) in [6, 6.07) is 6.16. The molecule has 35 heavy (non-hydrogen) atoms. The van der Waals surface area contributed by atoms with Gasteiger partial charge in [0, 0.05) is 44.0 Å². The van der Waals surface area contributed by atoms with Crippen molar-refractivity contribution in [1.82, 2.24) is 9.80 Å². The first-order chi connectivity index (χ1) is 16.7. The lowest BCUT2D eigenvalue weighted by Crippen LogP contribution is -2.52. The maximum Gasteiger partial charge on any atom is 0.272 e. The van der Waals surface area contributed by atoms with E-state index in [0.717, 1.165) is 6.42 Å². The molecule has 4 rings (SSSR count). The molecule has 0 saturated carbocycles. The zero-order valence-corrected chi connectivity index (χ0v) is 20.2. The predicted octanol–water partition coefficient (Wildman–Crippen LogP) is 3.20. The zero-order valence-electron chi connectivity index (χ0n) is 19.4. The molecule has 0 bridgehead atoms.